The van der Waals surface area contributed by atoms with Gasteiger partial charge < -0.3 is 11.1 Å². The Labute approximate surface area is 99.2 Å². The van der Waals surface area contributed by atoms with Gasteiger partial charge in [-0.15, -0.1) is 0 Å². The number of hydrogen-bond donors (Lipinski definition) is 2. The van der Waals surface area contributed by atoms with Gasteiger partial charge in [0.1, 0.15) is 0 Å². The predicted octanol–water partition coefficient (Wildman–Crippen LogP) is 2.06. The Balaban J connectivity index is 2.48. The van der Waals surface area contributed by atoms with E-state index in [9.17, 15) is 4.79 Å². The van der Waals surface area contributed by atoms with E-state index in [4.69, 9.17) is 5.73 Å². The van der Waals surface area contributed by atoms with Crippen molar-refractivity contribution in [3.63, 3.8) is 0 Å². The number of carbonyl (C=O) groups excluding carboxylic acids is 1. The summed E-state index contributed by atoms with van der Waals surface area (Å²) in [6.07, 6.45) is 5.44. The molecule has 0 radical (unpaired) electrons. The molecule has 1 rings (SSSR count). The van der Waals surface area contributed by atoms with E-state index in [1.807, 2.05) is 0 Å². The summed E-state index contributed by atoms with van der Waals surface area (Å²) in [4.78, 5) is 12.1. The van der Waals surface area contributed by atoms with Gasteiger partial charge in [-0.2, -0.15) is 0 Å². The summed E-state index contributed by atoms with van der Waals surface area (Å²) < 4.78 is 0. The second-order valence-electron chi connectivity index (χ2n) is 5.54. The average molecular weight is 226 g/mol. The number of carbonyl (C=O) groups is 1. The second kappa shape index (κ2) is 5.67. The molecular formula is C13H26N2O. The van der Waals surface area contributed by atoms with Crippen LogP contribution in [0.2, 0.25) is 0 Å². The Bertz CT molecular complexity index is 229. The summed E-state index contributed by atoms with van der Waals surface area (Å²) in [5, 5.41) is 3.22. The summed E-state index contributed by atoms with van der Waals surface area (Å²) in [6.45, 7) is 6.88. The van der Waals surface area contributed by atoms with Crippen LogP contribution in [0.15, 0.2) is 0 Å². The minimum absolute atomic E-state index is 0.0102. The Hall–Kier alpha value is -0.570. The minimum atomic E-state index is -0.0102. The average Bonchev–Trinajstić information content (AvgIpc) is 2.19. The van der Waals surface area contributed by atoms with Crippen molar-refractivity contribution in [2.45, 2.75) is 58.4 Å². The lowest BCUT2D eigenvalue weighted by Crippen LogP contribution is -2.55. The quantitative estimate of drug-likeness (QED) is 0.728. The molecule has 3 heteroatoms. The van der Waals surface area contributed by atoms with Gasteiger partial charge in [0.2, 0.25) is 5.91 Å². The zero-order chi connectivity index (χ0) is 12.2. The molecule has 3 nitrogen and oxygen atoms in total. The van der Waals surface area contributed by atoms with E-state index in [2.05, 4.69) is 26.1 Å². The van der Waals surface area contributed by atoms with Crippen LogP contribution in [0.3, 0.4) is 0 Å². The van der Waals surface area contributed by atoms with Crippen LogP contribution in [0.4, 0.5) is 0 Å². The van der Waals surface area contributed by atoms with Crippen molar-refractivity contribution in [1.29, 1.82) is 0 Å². The van der Waals surface area contributed by atoms with E-state index in [1.165, 1.54) is 6.42 Å². The first kappa shape index (κ1) is 13.5. The van der Waals surface area contributed by atoms with Gasteiger partial charge in [-0.05, 0) is 38.0 Å². The van der Waals surface area contributed by atoms with Gasteiger partial charge in [0.25, 0.3) is 0 Å². The standard InChI is InChI=1S/C13H26N2O/c1-4-13(6-5-7-13)15-12(16)11(9-14)8-10(2)3/h10-11H,4-9,14H2,1-3H3,(H,15,16). The highest BCUT2D eigenvalue weighted by molar-refractivity contribution is 5.79. The van der Waals surface area contributed by atoms with E-state index in [0.717, 1.165) is 25.7 Å². The molecule has 0 aromatic carbocycles. The molecule has 1 saturated carbocycles. The van der Waals surface area contributed by atoms with Gasteiger partial charge in [-0.3, -0.25) is 4.79 Å². The third-order valence-corrected chi connectivity index (χ3v) is 3.79. The number of nitrogens with two attached hydrogens (primary N) is 1. The van der Waals surface area contributed by atoms with Gasteiger partial charge in [0, 0.05) is 12.1 Å². The number of amides is 1. The highest BCUT2D eigenvalue weighted by Gasteiger charge is 2.37. The van der Waals surface area contributed by atoms with Crippen LogP contribution in [-0.4, -0.2) is 18.0 Å². The third kappa shape index (κ3) is 3.21. The summed E-state index contributed by atoms with van der Waals surface area (Å²) >= 11 is 0. The Kier molecular flexibility index (Phi) is 4.78. The lowest BCUT2D eigenvalue weighted by molar-refractivity contribution is -0.128. The fraction of sp³-hybridized carbons (Fsp3) is 0.923. The SMILES string of the molecule is CCC1(NC(=O)C(CN)CC(C)C)CCC1. The fourth-order valence-electron chi connectivity index (χ4n) is 2.41. The van der Waals surface area contributed by atoms with E-state index in [-0.39, 0.29) is 17.4 Å². The molecule has 1 amide bonds. The fourth-order valence-corrected chi connectivity index (χ4v) is 2.41. The van der Waals surface area contributed by atoms with Crippen molar-refractivity contribution in [1.82, 2.24) is 5.32 Å². The highest BCUT2D eigenvalue weighted by atomic mass is 16.2. The molecule has 1 atom stereocenters. The minimum Gasteiger partial charge on any atom is -0.350 e. The molecule has 0 aromatic rings. The van der Waals surface area contributed by atoms with Crippen molar-refractivity contribution in [2.24, 2.45) is 17.6 Å². The molecule has 0 aliphatic heterocycles. The van der Waals surface area contributed by atoms with Crippen LogP contribution in [0.5, 0.6) is 0 Å². The first-order valence-electron chi connectivity index (χ1n) is 6.55. The van der Waals surface area contributed by atoms with E-state index >= 15 is 0 Å². The first-order valence-corrected chi connectivity index (χ1v) is 6.55. The van der Waals surface area contributed by atoms with Crippen LogP contribution in [0, 0.1) is 11.8 Å². The molecule has 0 heterocycles. The lowest BCUT2D eigenvalue weighted by atomic mass is 9.74. The number of nitrogens with one attached hydrogen (secondary N) is 1. The lowest BCUT2D eigenvalue weighted by Gasteiger charge is -2.42. The monoisotopic (exact) mass is 226 g/mol. The molecule has 0 aromatic heterocycles. The zero-order valence-corrected chi connectivity index (χ0v) is 10.9. The van der Waals surface area contributed by atoms with Crippen molar-refractivity contribution >= 4 is 5.91 Å². The summed E-state index contributed by atoms with van der Waals surface area (Å²) in [5.41, 5.74) is 5.78. The highest BCUT2D eigenvalue weighted by Crippen LogP contribution is 2.35. The molecule has 1 aliphatic rings. The first-order chi connectivity index (χ1) is 7.53. The summed E-state index contributed by atoms with van der Waals surface area (Å²) in [6, 6.07) is 0. The van der Waals surface area contributed by atoms with Gasteiger partial charge in [0.15, 0.2) is 0 Å². The van der Waals surface area contributed by atoms with Crippen molar-refractivity contribution in [3.8, 4) is 0 Å². The van der Waals surface area contributed by atoms with E-state index in [0.29, 0.717) is 12.5 Å². The third-order valence-electron chi connectivity index (χ3n) is 3.79. The maximum Gasteiger partial charge on any atom is 0.224 e. The molecule has 0 bridgehead atoms. The predicted molar refractivity (Wildman–Crippen MR) is 67.0 cm³/mol. The van der Waals surface area contributed by atoms with Crippen molar-refractivity contribution in [3.05, 3.63) is 0 Å². The van der Waals surface area contributed by atoms with Crippen LogP contribution >= 0.6 is 0 Å². The maximum atomic E-state index is 12.1. The molecule has 3 N–H and O–H groups in total. The number of rotatable bonds is 6. The summed E-state index contributed by atoms with van der Waals surface area (Å²) in [5.74, 6) is 0.681. The van der Waals surface area contributed by atoms with E-state index in [1.54, 1.807) is 0 Å². The molecule has 0 saturated heterocycles. The zero-order valence-electron chi connectivity index (χ0n) is 10.9. The largest absolute Gasteiger partial charge is 0.350 e. The Morgan fingerprint density at radius 3 is 2.38 bits per heavy atom. The van der Waals surface area contributed by atoms with Crippen LogP contribution in [0.25, 0.3) is 0 Å². The Morgan fingerprint density at radius 2 is 2.06 bits per heavy atom. The molecule has 1 fully saturated rings. The van der Waals surface area contributed by atoms with Crippen LogP contribution < -0.4 is 11.1 Å². The topological polar surface area (TPSA) is 55.1 Å². The van der Waals surface area contributed by atoms with Gasteiger partial charge in [-0.25, -0.2) is 0 Å². The van der Waals surface area contributed by atoms with Crippen LogP contribution in [-0.2, 0) is 4.79 Å². The maximum absolute atomic E-state index is 12.1. The molecule has 1 aliphatic carbocycles. The van der Waals surface area contributed by atoms with E-state index < -0.39 is 0 Å². The van der Waals surface area contributed by atoms with Gasteiger partial charge >= 0.3 is 0 Å². The van der Waals surface area contributed by atoms with Gasteiger partial charge in [0.05, 0.1) is 5.92 Å². The molecule has 16 heavy (non-hydrogen) atoms. The van der Waals surface area contributed by atoms with Crippen molar-refractivity contribution < 1.29 is 4.79 Å². The Morgan fingerprint density at radius 1 is 1.44 bits per heavy atom. The molecule has 0 spiro atoms. The molecule has 94 valence electrons. The normalized spacial score (nSPS) is 20.3. The molecular weight excluding hydrogens is 200 g/mol. The smallest absolute Gasteiger partial charge is 0.224 e. The van der Waals surface area contributed by atoms with Gasteiger partial charge in [-0.1, -0.05) is 20.8 Å². The summed E-state index contributed by atoms with van der Waals surface area (Å²) in [7, 11) is 0. The van der Waals surface area contributed by atoms with Crippen molar-refractivity contribution in [2.75, 3.05) is 6.54 Å². The number of hydrogen-bond acceptors (Lipinski definition) is 2. The molecule has 1 unspecified atom stereocenters. The second-order valence-corrected chi connectivity index (χ2v) is 5.54. The van der Waals surface area contributed by atoms with Crippen LogP contribution in [0.1, 0.15) is 52.9 Å².